The van der Waals surface area contributed by atoms with Crippen LogP contribution in [0.15, 0.2) is 18.2 Å². The molecule has 1 amide bonds. The van der Waals surface area contributed by atoms with Crippen molar-refractivity contribution in [2.45, 2.75) is 13.5 Å². The average Bonchev–Trinajstić information content (AvgIpc) is 2.43. The third-order valence-corrected chi connectivity index (χ3v) is 3.17. The van der Waals surface area contributed by atoms with E-state index in [-0.39, 0.29) is 12.5 Å². The smallest absolute Gasteiger partial charge is 0.264 e. The van der Waals surface area contributed by atoms with Gasteiger partial charge >= 0.3 is 0 Å². The molecule has 1 aromatic rings. The van der Waals surface area contributed by atoms with Gasteiger partial charge in [0, 0.05) is 26.7 Å². The summed E-state index contributed by atoms with van der Waals surface area (Å²) in [6.45, 7) is 5.89. The molecular formula is C14H21N3O2. The first-order chi connectivity index (χ1) is 9.22. The highest BCUT2D eigenvalue weighted by Crippen LogP contribution is 2.31. The van der Waals surface area contributed by atoms with Crippen LogP contribution in [0.5, 0.6) is 5.75 Å². The van der Waals surface area contributed by atoms with Gasteiger partial charge in [-0.15, -0.1) is 0 Å². The molecule has 0 spiro atoms. The Hall–Kier alpha value is -1.59. The van der Waals surface area contributed by atoms with Gasteiger partial charge in [-0.25, -0.2) is 0 Å². The Morgan fingerprint density at radius 1 is 1.32 bits per heavy atom. The predicted octanol–water partition coefficient (Wildman–Crippen LogP) is 0.741. The molecule has 0 bridgehead atoms. The number of carbonyl (C=O) groups excluding carboxylic acids is 1. The van der Waals surface area contributed by atoms with E-state index in [0.29, 0.717) is 0 Å². The number of likely N-dealkylation sites (N-methyl/N-ethyl adjacent to an activating group) is 2. The molecule has 104 valence electrons. The molecule has 1 aliphatic heterocycles. The van der Waals surface area contributed by atoms with E-state index in [1.54, 1.807) is 11.9 Å². The van der Waals surface area contributed by atoms with Crippen molar-refractivity contribution in [1.29, 1.82) is 0 Å². The van der Waals surface area contributed by atoms with E-state index in [4.69, 9.17) is 4.74 Å². The van der Waals surface area contributed by atoms with Gasteiger partial charge in [0.25, 0.3) is 5.91 Å². The number of anilines is 1. The second-order valence-corrected chi connectivity index (χ2v) is 4.57. The second-order valence-electron chi connectivity index (χ2n) is 4.57. The first kappa shape index (κ1) is 13.8. The predicted molar refractivity (Wildman–Crippen MR) is 75.6 cm³/mol. The quantitative estimate of drug-likeness (QED) is 0.743. The fourth-order valence-corrected chi connectivity index (χ4v) is 2.01. The van der Waals surface area contributed by atoms with Gasteiger partial charge in [0.2, 0.25) is 0 Å². The first-order valence-electron chi connectivity index (χ1n) is 6.66. The summed E-state index contributed by atoms with van der Waals surface area (Å²) in [5.74, 6) is 0.767. The minimum absolute atomic E-state index is 0.00949. The molecule has 1 aromatic carbocycles. The Morgan fingerprint density at radius 3 is 2.89 bits per heavy atom. The zero-order valence-electron chi connectivity index (χ0n) is 11.5. The molecule has 5 nitrogen and oxygen atoms in total. The fourth-order valence-electron chi connectivity index (χ4n) is 2.01. The molecule has 2 N–H and O–H groups in total. The maximum absolute atomic E-state index is 11.6. The highest BCUT2D eigenvalue weighted by atomic mass is 16.5. The average molecular weight is 263 g/mol. The fraction of sp³-hybridized carbons (Fsp3) is 0.500. The van der Waals surface area contributed by atoms with Crippen LogP contribution in [0.1, 0.15) is 12.5 Å². The Kier molecular flexibility index (Phi) is 4.76. The highest BCUT2D eigenvalue weighted by molar-refractivity contribution is 5.97. The molecule has 0 saturated heterocycles. The molecule has 0 unspecified atom stereocenters. The van der Waals surface area contributed by atoms with Gasteiger partial charge in [0.15, 0.2) is 6.61 Å². The Labute approximate surface area is 113 Å². The number of fused-ring (bicyclic) bond motifs is 1. The van der Waals surface area contributed by atoms with E-state index in [1.165, 1.54) is 0 Å². The lowest BCUT2D eigenvalue weighted by molar-refractivity contribution is -0.120. The van der Waals surface area contributed by atoms with Crippen molar-refractivity contribution in [3.63, 3.8) is 0 Å². The number of nitrogens with one attached hydrogen (secondary N) is 2. The lowest BCUT2D eigenvalue weighted by Gasteiger charge is -2.26. The van der Waals surface area contributed by atoms with Crippen LogP contribution in [-0.2, 0) is 11.3 Å². The summed E-state index contributed by atoms with van der Waals surface area (Å²) in [5.41, 5.74) is 2.00. The van der Waals surface area contributed by atoms with Crippen LogP contribution >= 0.6 is 0 Å². The summed E-state index contributed by atoms with van der Waals surface area (Å²) in [7, 11) is 1.78. The summed E-state index contributed by atoms with van der Waals surface area (Å²) in [4.78, 5) is 13.2. The summed E-state index contributed by atoms with van der Waals surface area (Å²) in [6, 6.07) is 5.97. The molecule has 0 aromatic heterocycles. The van der Waals surface area contributed by atoms with Crippen LogP contribution in [0.25, 0.3) is 0 Å². The zero-order chi connectivity index (χ0) is 13.7. The molecule has 0 atom stereocenters. The highest BCUT2D eigenvalue weighted by Gasteiger charge is 2.21. The van der Waals surface area contributed by atoms with Gasteiger partial charge in [-0.1, -0.05) is 13.0 Å². The van der Waals surface area contributed by atoms with E-state index in [9.17, 15) is 4.79 Å². The third-order valence-electron chi connectivity index (χ3n) is 3.17. The standard InChI is InChI=1S/C14H21N3O2/c1-3-15-6-7-16-9-11-4-5-13-12(8-11)17(2)14(18)10-19-13/h4-5,8,15-16H,3,6-7,9-10H2,1-2H3. The van der Waals surface area contributed by atoms with Crippen LogP contribution in [0.2, 0.25) is 0 Å². The first-order valence-corrected chi connectivity index (χ1v) is 6.66. The molecule has 0 fully saturated rings. The SMILES string of the molecule is CCNCCNCc1ccc2c(c1)N(C)C(=O)CO2. The molecule has 0 aliphatic carbocycles. The number of carbonyl (C=O) groups is 1. The minimum atomic E-state index is -0.00949. The summed E-state index contributed by atoms with van der Waals surface area (Å²) in [6.07, 6.45) is 0. The lowest BCUT2D eigenvalue weighted by atomic mass is 10.1. The minimum Gasteiger partial charge on any atom is -0.482 e. The van der Waals surface area contributed by atoms with Crippen molar-refractivity contribution in [2.24, 2.45) is 0 Å². The van der Waals surface area contributed by atoms with Crippen LogP contribution in [0.3, 0.4) is 0 Å². The molecule has 0 radical (unpaired) electrons. The van der Waals surface area contributed by atoms with Gasteiger partial charge in [0.05, 0.1) is 5.69 Å². The number of rotatable bonds is 6. The Bertz CT molecular complexity index is 448. The molecule has 2 rings (SSSR count). The van der Waals surface area contributed by atoms with Crippen molar-refractivity contribution in [2.75, 3.05) is 38.2 Å². The molecule has 1 aliphatic rings. The topological polar surface area (TPSA) is 53.6 Å². The van der Waals surface area contributed by atoms with Gasteiger partial charge < -0.3 is 20.3 Å². The van der Waals surface area contributed by atoms with E-state index in [1.807, 2.05) is 18.2 Å². The number of benzene rings is 1. The lowest BCUT2D eigenvalue weighted by Crippen LogP contribution is -2.35. The van der Waals surface area contributed by atoms with Crippen molar-refractivity contribution >= 4 is 11.6 Å². The molecule has 5 heteroatoms. The largest absolute Gasteiger partial charge is 0.482 e. The molecule has 0 saturated carbocycles. The Balaban J connectivity index is 1.94. The van der Waals surface area contributed by atoms with Crippen molar-refractivity contribution in [3.05, 3.63) is 23.8 Å². The summed E-state index contributed by atoms with van der Waals surface area (Å²) < 4.78 is 5.40. The van der Waals surface area contributed by atoms with Crippen molar-refractivity contribution < 1.29 is 9.53 Å². The van der Waals surface area contributed by atoms with E-state index < -0.39 is 0 Å². The van der Waals surface area contributed by atoms with E-state index >= 15 is 0 Å². The van der Waals surface area contributed by atoms with Crippen LogP contribution < -0.4 is 20.3 Å². The van der Waals surface area contributed by atoms with E-state index in [0.717, 1.165) is 43.2 Å². The van der Waals surface area contributed by atoms with Gasteiger partial charge in [0.1, 0.15) is 5.75 Å². The third kappa shape index (κ3) is 3.45. The number of hydrogen-bond donors (Lipinski definition) is 2. The number of ether oxygens (including phenoxy) is 1. The van der Waals surface area contributed by atoms with Gasteiger partial charge in [-0.2, -0.15) is 0 Å². The normalized spacial score (nSPS) is 14.2. The van der Waals surface area contributed by atoms with Crippen LogP contribution in [-0.4, -0.2) is 39.2 Å². The van der Waals surface area contributed by atoms with Gasteiger partial charge in [-0.3, -0.25) is 4.79 Å². The monoisotopic (exact) mass is 263 g/mol. The van der Waals surface area contributed by atoms with Crippen LogP contribution in [0, 0.1) is 0 Å². The number of hydrogen-bond acceptors (Lipinski definition) is 4. The van der Waals surface area contributed by atoms with Gasteiger partial charge in [-0.05, 0) is 24.2 Å². The van der Waals surface area contributed by atoms with E-state index in [2.05, 4.69) is 17.6 Å². The zero-order valence-corrected chi connectivity index (χ0v) is 11.5. The number of nitrogens with zero attached hydrogens (tertiary/aromatic N) is 1. The molecule has 1 heterocycles. The molecular weight excluding hydrogens is 242 g/mol. The van der Waals surface area contributed by atoms with Crippen molar-refractivity contribution in [3.8, 4) is 5.75 Å². The Morgan fingerprint density at radius 2 is 2.11 bits per heavy atom. The number of amides is 1. The van der Waals surface area contributed by atoms with Crippen LogP contribution in [0.4, 0.5) is 5.69 Å². The van der Waals surface area contributed by atoms with Crippen molar-refractivity contribution in [1.82, 2.24) is 10.6 Å². The maximum atomic E-state index is 11.6. The maximum Gasteiger partial charge on any atom is 0.264 e. The second kappa shape index (κ2) is 6.54. The summed E-state index contributed by atoms with van der Waals surface area (Å²) >= 11 is 0. The summed E-state index contributed by atoms with van der Waals surface area (Å²) in [5, 5.41) is 6.62. The molecule has 19 heavy (non-hydrogen) atoms.